The molecule has 0 amide bonds. The van der Waals surface area contributed by atoms with Crippen LogP contribution in [-0.4, -0.2) is 29.2 Å². The van der Waals surface area contributed by atoms with E-state index in [9.17, 15) is 0 Å². The molecule has 4 aromatic rings. The first-order valence-electron chi connectivity index (χ1n) is 9.88. The van der Waals surface area contributed by atoms with E-state index in [2.05, 4.69) is 14.9 Å². The van der Waals surface area contributed by atoms with Crippen molar-refractivity contribution < 1.29 is 4.74 Å². The van der Waals surface area contributed by atoms with E-state index in [-0.39, 0.29) is 0 Å². The molecule has 1 N–H and O–H groups in total. The summed E-state index contributed by atoms with van der Waals surface area (Å²) in [5, 5.41) is 7.05. The first-order valence-corrected chi connectivity index (χ1v) is 10.6. The van der Waals surface area contributed by atoms with Crippen molar-refractivity contribution in [3.8, 4) is 5.75 Å². The SMILES string of the molecule is Clc1cc(Cl)c2c(c1)c1c(n2CCOc2cccc3ncccc23)CCNCC1. The van der Waals surface area contributed by atoms with Crippen LogP contribution in [0.15, 0.2) is 48.7 Å². The smallest absolute Gasteiger partial charge is 0.128 e. The standard InChI is InChI=1S/C23H21Cl2N3O/c24-15-13-18-16-6-9-26-10-7-21(16)28(23(18)19(25)14-15)11-12-29-22-5-1-4-20-17(22)3-2-8-27-20/h1-5,8,13-14,26H,6-7,9-12H2. The topological polar surface area (TPSA) is 39.1 Å². The number of ether oxygens (including phenoxy) is 1. The van der Waals surface area contributed by atoms with Crippen LogP contribution in [0.3, 0.4) is 0 Å². The van der Waals surface area contributed by atoms with E-state index in [0.717, 1.165) is 60.0 Å². The number of pyridine rings is 1. The van der Waals surface area contributed by atoms with Crippen LogP contribution in [-0.2, 0) is 19.4 Å². The minimum Gasteiger partial charge on any atom is -0.491 e. The highest BCUT2D eigenvalue weighted by Crippen LogP contribution is 2.35. The molecule has 0 saturated heterocycles. The Morgan fingerprint density at radius 3 is 2.86 bits per heavy atom. The second-order valence-corrected chi connectivity index (χ2v) is 8.13. The fraction of sp³-hybridized carbons (Fsp3) is 0.261. The molecule has 5 rings (SSSR count). The number of benzene rings is 2. The number of hydrogen-bond acceptors (Lipinski definition) is 3. The van der Waals surface area contributed by atoms with Gasteiger partial charge >= 0.3 is 0 Å². The molecule has 0 unspecified atom stereocenters. The lowest BCUT2D eigenvalue weighted by Gasteiger charge is -2.14. The van der Waals surface area contributed by atoms with E-state index in [4.69, 9.17) is 27.9 Å². The molecule has 1 aliphatic rings. The van der Waals surface area contributed by atoms with Crippen molar-refractivity contribution in [1.82, 2.24) is 14.9 Å². The summed E-state index contributed by atoms with van der Waals surface area (Å²) in [6.45, 7) is 3.21. The van der Waals surface area contributed by atoms with Crippen LogP contribution in [0.25, 0.3) is 21.8 Å². The summed E-state index contributed by atoms with van der Waals surface area (Å²) in [4.78, 5) is 4.41. The Kier molecular flexibility index (Phi) is 5.08. The summed E-state index contributed by atoms with van der Waals surface area (Å²) in [5.41, 5.74) is 4.68. The van der Waals surface area contributed by atoms with Gasteiger partial charge < -0.3 is 14.6 Å². The van der Waals surface area contributed by atoms with Gasteiger partial charge in [-0.25, -0.2) is 0 Å². The van der Waals surface area contributed by atoms with Crippen molar-refractivity contribution in [2.45, 2.75) is 19.4 Å². The van der Waals surface area contributed by atoms with Crippen molar-refractivity contribution in [2.75, 3.05) is 19.7 Å². The lowest BCUT2D eigenvalue weighted by Crippen LogP contribution is -2.18. The van der Waals surface area contributed by atoms with Gasteiger partial charge in [0.2, 0.25) is 0 Å². The van der Waals surface area contributed by atoms with Gasteiger partial charge in [0.05, 0.1) is 22.6 Å². The van der Waals surface area contributed by atoms with E-state index >= 15 is 0 Å². The third-order valence-electron chi connectivity index (χ3n) is 5.57. The first-order chi connectivity index (χ1) is 14.2. The molecule has 6 heteroatoms. The third-order valence-corrected chi connectivity index (χ3v) is 6.07. The van der Waals surface area contributed by atoms with Crippen molar-refractivity contribution >= 4 is 45.0 Å². The zero-order chi connectivity index (χ0) is 19.8. The van der Waals surface area contributed by atoms with Crippen molar-refractivity contribution in [3.63, 3.8) is 0 Å². The molecule has 3 heterocycles. The molecule has 0 spiro atoms. The summed E-state index contributed by atoms with van der Waals surface area (Å²) in [7, 11) is 0. The minimum absolute atomic E-state index is 0.552. The number of hydrogen-bond donors (Lipinski definition) is 1. The lowest BCUT2D eigenvalue weighted by atomic mass is 10.1. The molecule has 0 atom stereocenters. The molecule has 2 aromatic carbocycles. The van der Waals surface area contributed by atoms with Gasteiger partial charge in [-0.05, 0) is 54.9 Å². The Morgan fingerprint density at radius 2 is 1.93 bits per heavy atom. The molecule has 0 radical (unpaired) electrons. The summed E-state index contributed by atoms with van der Waals surface area (Å²) < 4.78 is 8.50. The van der Waals surface area contributed by atoms with Crippen LogP contribution >= 0.6 is 23.2 Å². The van der Waals surface area contributed by atoms with Gasteiger partial charge in [-0.3, -0.25) is 4.98 Å². The predicted molar refractivity (Wildman–Crippen MR) is 119 cm³/mol. The molecule has 0 aliphatic carbocycles. The number of aromatic nitrogens is 2. The van der Waals surface area contributed by atoms with Crippen LogP contribution in [0, 0.1) is 0 Å². The molecule has 29 heavy (non-hydrogen) atoms. The van der Waals surface area contributed by atoms with Crippen LogP contribution in [0.4, 0.5) is 0 Å². The predicted octanol–water partition coefficient (Wildman–Crippen LogP) is 5.26. The maximum Gasteiger partial charge on any atom is 0.128 e. The minimum atomic E-state index is 0.552. The Morgan fingerprint density at radius 1 is 1.03 bits per heavy atom. The molecule has 2 aromatic heterocycles. The molecular weight excluding hydrogens is 405 g/mol. The largest absolute Gasteiger partial charge is 0.491 e. The van der Waals surface area contributed by atoms with Crippen LogP contribution in [0.2, 0.25) is 10.0 Å². The van der Waals surface area contributed by atoms with E-state index < -0.39 is 0 Å². The highest BCUT2D eigenvalue weighted by atomic mass is 35.5. The summed E-state index contributed by atoms with van der Waals surface area (Å²) in [5.74, 6) is 0.856. The van der Waals surface area contributed by atoms with Gasteiger partial charge in [-0.15, -0.1) is 0 Å². The molecular formula is C23H21Cl2N3O. The number of fused-ring (bicyclic) bond motifs is 4. The van der Waals surface area contributed by atoms with E-state index in [1.165, 1.54) is 11.3 Å². The van der Waals surface area contributed by atoms with Crippen molar-refractivity contribution in [2.24, 2.45) is 0 Å². The van der Waals surface area contributed by atoms with Gasteiger partial charge in [0.15, 0.2) is 0 Å². The average molecular weight is 426 g/mol. The fourth-order valence-corrected chi connectivity index (χ4v) is 4.92. The highest BCUT2D eigenvalue weighted by molar-refractivity contribution is 6.38. The maximum atomic E-state index is 6.63. The molecule has 148 valence electrons. The van der Waals surface area contributed by atoms with Gasteiger partial charge in [0, 0.05) is 40.7 Å². The molecule has 0 bridgehead atoms. The van der Waals surface area contributed by atoms with Crippen molar-refractivity contribution in [3.05, 3.63) is 70.0 Å². The Bertz CT molecular complexity index is 1200. The quantitative estimate of drug-likeness (QED) is 0.484. The zero-order valence-electron chi connectivity index (χ0n) is 15.9. The van der Waals surface area contributed by atoms with Gasteiger partial charge in [-0.2, -0.15) is 0 Å². The second kappa shape index (κ2) is 7.86. The maximum absolute atomic E-state index is 6.63. The number of nitrogens with zero attached hydrogens (tertiary/aromatic N) is 2. The number of rotatable bonds is 4. The van der Waals surface area contributed by atoms with Gasteiger partial charge in [0.25, 0.3) is 0 Å². The number of halogens is 2. The molecule has 0 saturated carbocycles. The fourth-order valence-electron chi connectivity index (χ4n) is 4.33. The van der Waals surface area contributed by atoms with Crippen LogP contribution < -0.4 is 10.1 Å². The summed E-state index contributed by atoms with van der Waals surface area (Å²) in [6, 6.07) is 13.8. The van der Waals surface area contributed by atoms with E-state index in [1.54, 1.807) is 6.20 Å². The Labute approximate surface area is 179 Å². The first kappa shape index (κ1) is 18.7. The van der Waals surface area contributed by atoms with Crippen molar-refractivity contribution in [1.29, 1.82) is 0 Å². The second-order valence-electron chi connectivity index (χ2n) is 7.29. The normalized spacial score (nSPS) is 14.1. The van der Waals surface area contributed by atoms with Gasteiger partial charge in [0.1, 0.15) is 12.4 Å². The van der Waals surface area contributed by atoms with E-state index in [1.807, 2.05) is 42.5 Å². The third kappa shape index (κ3) is 3.46. The van der Waals surface area contributed by atoms with Crippen LogP contribution in [0.5, 0.6) is 5.75 Å². The molecule has 0 fully saturated rings. The lowest BCUT2D eigenvalue weighted by molar-refractivity contribution is 0.302. The van der Waals surface area contributed by atoms with Crippen LogP contribution in [0.1, 0.15) is 11.3 Å². The zero-order valence-corrected chi connectivity index (χ0v) is 17.4. The Balaban J connectivity index is 1.49. The van der Waals surface area contributed by atoms with Gasteiger partial charge in [-0.1, -0.05) is 29.3 Å². The summed E-state index contributed by atoms with van der Waals surface area (Å²) >= 11 is 12.9. The Hall–Kier alpha value is -2.27. The highest BCUT2D eigenvalue weighted by Gasteiger charge is 2.21. The average Bonchev–Trinajstić information content (AvgIpc) is 2.87. The monoisotopic (exact) mass is 425 g/mol. The molecule has 1 aliphatic heterocycles. The van der Waals surface area contributed by atoms with E-state index in [0.29, 0.717) is 16.7 Å². The number of nitrogens with one attached hydrogen (secondary N) is 1. The summed E-state index contributed by atoms with van der Waals surface area (Å²) in [6.07, 6.45) is 3.75. The molecule has 4 nitrogen and oxygen atoms in total.